The van der Waals surface area contributed by atoms with Gasteiger partial charge in [0.1, 0.15) is 11.8 Å². The highest BCUT2D eigenvalue weighted by molar-refractivity contribution is 5.92. The molecule has 0 aliphatic carbocycles. The standard InChI is InChI=1S/C30H40N2O5/c1-2-3-4-5-6-7-8-12-21-36-29(34)22-27-30(35)31-19-20-32(27)28(33)23-37-26-17-15-25(16-18-26)24-13-10-9-11-14-24/h9-11,13-18,27H,2-8,12,19-23H2,1H3,(H,31,35). The summed E-state index contributed by atoms with van der Waals surface area (Å²) in [6.45, 7) is 3.03. The van der Waals surface area contributed by atoms with Gasteiger partial charge in [-0.1, -0.05) is 94.3 Å². The maximum atomic E-state index is 12.9. The number of benzene rings is 2. The fourth-order valence-electron chi connectivity index (χ4n) is 4.46. The number of hydrogen-bond acceptors (Lipinski definition) is 5. The Bertz CT molecular complexity index is 977. The Morgan fingerprint density at radius 2 is 1.54 bits per heavy atom. The first-order valence-corrected chi connectivity index (χ1v) is 13.6. The molecule has 7 heteroatoms. The van der Waals surface area contributed by atoms with E-state index in [4.69, 9.17) is 9.47 Å². The predicted octanol–water partition coefficient (Wildman–Crippen LogP) is 5.13. The molecule has 0 saturated carbocycles. The molecule has 200 valence electrons. The fourth-order valence-corrected chi connectivity index (χ4v) is 4.46. The number of rotatable bonds is 15. The summed E-state index contributed by atoms with van der Waals surface area (Å²) < 4.78 is 11.0. The van der Waals surface area contributed by atoms with E-state index < -0.39 is 12.0 Å². The van der Waals surface area contributed by atoms with Gasteiger partial charge in [0.2, 0.25) is 5.91 Å². The van der Waals surface area contributed by atoms with Crippen LogP contribution in [0.4, 0.5) is 0 Å². The summed E-state index contributed by atoms with van der Waals surface area (Å²) in [5.74, 6) is -0.560. The molecule has 2 aromatic rings. The molecule has 1 aliphatic rings. The minimum atomic E-state index is -0.878. The van der Waals surface area contributed by atoms with Crippen molar-refractivity contribution in [3.63, 3.8) is 0 Å². The Labute approximate surface area is 220 Å². The van der Waals surface area contributed by atoms with Gasteiger partial charge in [-0.25, -0.2) is 0 Å². The van der Waals surface area contributed by atoms with Gasteiger partial charge < -0.3 is 19.7 Å². The molecule has 1 saturated heterocycles. The van der Waals surface area contributed by atoms with Crippen molar-refractivity contribution < 1.29 is 23.9 Å². The lowest BCUT2D eigenvalue weighted by Gasteiger charge is -2.34. The molecule has 3 rings (SSSR count). The SMILES string of the molecule is CCCCCCCCCCOC(=O)CC1C(=O)NCCN1C(=O)COc1ccc(-c2ccccc2)cc1. The molecule has 1 unspecified atom stereocenters. The number of nitrogens with one attached hydrogen (secondary N) is 1. The first-order valence-electron chi connectivity index (χ1n) is 13.6. The van der Waals surface area contributed by atoms with Gasteiger partial charge in [-0.3, -0.25) is 14.4 Å². The number of unbranched alkanes of at least 4 members (excludes halogenated alkanes) is 7. The molecule has 0 bridgehead atoms. The van der Waals surface area contributed by atoms with Crippen LogP contribution < -0.4 is 10.1 Å². The van der Waals surface area contributed by atoms with Crippen molar-refractivity contribution in [1.29, 1.82) is 0 Å². The second-order valence-electron chi connectivity index (χ2n) is 9.47. The molecule has 0 aromatic heterocycles. The van der Waals surface area contributed by atoms with Gasteiger partial charge in [0.15, 0.2) is 6.61 Å². The third-order valence-corrected chi connectivity index (χ3v) is 6.60. The van der Waals surface area contributed by atoms with E-state index in [-0.39, 0.29) is 24.8 Å². The molecule has 1 N–H and O–H groups in total. The maximum Gasteiger partial charge on any atom is 0.308 e. The zero-order valence-electron chi connectivity index (χ0n) is 22.0. The van der Waals surface area contributed by atoms with E-state index >= 15 is 0 Å². The van der Waals surface area contributed by atoms with Crippen LogP contribution >= 0.6 is 0 Å². The van der Waals surface area contributed by atoms with Crippen molar-refractivity contribution in [1.82, 2.24) is 10.2 Å². The summed E-state index contributed by atoms with van der Waals surface area (Å²) in [6.07, 6.45) is 9.13. The summed E-state index contributed by atoms with van der Waals surface area (Å²) in [5.41, 5.74) is 2.15. The minimum Gasteiger partial charge on any atom is -0.484 e. The van der Waals surface area contributed by atoms with Gasteiger partial charge in [0.05, 0.1) is 13.0 Å². The van der Waals surface area contributed by atoms with E-state index in [2.05, 4.69) is 12.2 Å². The average Bonchev–Trinajstić information content (AvgIpc) is 2.92. The molecule has 1 fully saturated rings. The number of hydrogen-bond donors (Lipinski definition) is 1. The van der Waals surface area contributed by atoms with Crippen molar-refractivity contribution in [2.75, 3.05) is 26.3 Å². The van der Waals surface area contributed by atoms with Crippen molar-refractivity contribution in [3.05, 3.63) is 54.6 Å². The van der Waals surface area contributed by atoms with Crippen LogP contribution in [0.3, 0.4) is 0 Å². The second kappa shape index (κ2) is 15.7. The van der Waals surface area contributed by atoms with Crippen LogP contribution in [-0.2, 0) is 19.1 Å². The largest absolute Gasteiger partial charge is 0.484 e. The van der Waals surface area contributed by atoms with E-state index in [1.54, 1.807) is 0 Å². The van der Waals surface area contributed by atoms with Gasteiger partial charge in [0.25, 0.3) is 5.91 Å². The van der Waals surface area contributed by atoms with Crippen LogP contribution in [0.5, 0.6) is 5.75 Å². The van der Waals surface area contributed by atoms with Crippen LogP contribution in [0.1, 0.15) is 64.7 Å². The molecule has 1 atom stereocenters. The molecule has 0 radical (unpaired) electrons. The monoisotopic (exact) mass is 508 g/mol. The lowest BCUT2D eigenvalue weighted by Crippen LogP contribution is -2.58. The minimum absolute atomic E-state index is 0.152. The molecule has 1 heterocycles. The molecule has 2 aromatic carbocycles. The molecule has 0 spiro atoms. The number of piperazine rings is 1. The quantitative estimate of drug-likeness (QED) is 0.266. The zero-order valence-corrected chi connectivity index (χ0v) is 22.0. The lowest BCUT2D eigenvalue weighted by molar-refractivity contribution is -0.152. The van der Waals surface area contributed by atoms with E-state index in [1.807, 2.05) is 54.6 Å². The van der Waals surface area contributed by atoms with E-state index in [1.165, 1.54) is 37.0 Å². The fraction of sp³-hybridized carbons (Fsp3) is 0.500. The number of ether oxygens (including phenoxy) is 2. The summed E-state index contributed by atoms with van der Waals surface area (Å²) in [6, 6.07) is 16.6. The zero-order chi connectivity index (χ0) is 26.3. The van der Waals surface area contributed by atoms with Crippen molar-refractivity contribution >= 4 is 17.8 Å². The average molecular weight is 509 g/mol. The summed E-state index contributed by atoms with van der Waals surface area (Å²) in [7, 11) is 0. The van der Waals surface area contributed by atoms with E-state index in [9.17, 15) is 14.4 Å². The van der Waals surface area contributed by atoms with Crippen molar-refractivity contribution in [3.8, 4) is 16.9 Å². The highest BCUT2D eigenvalue weighted by Crippen LogP contribution is 2.22. The van der Waals surface area contributed by atoms with Crippen molar-refractivity contribution in [2.24, 2.45) is 0 Å². The molecule has 2 amide bonds. The van der Waals surface area contributed by atoms with Crippen molar-refractivity contribution in [2.45, 2.75) is 70.8 Å². The molecular formula is C30H40N2O5. The van der Waals surface area contributed by atoms with Gasteiger partial charge in [-0.2, -0.15) is 0 Å². The molecular weight excluding hydrogens is 468 g/mol. The summed E-state index contributed by atoms with van der Waals surface area (Å²) in [5, 5.41) is 2.74. The highest BCUT2D eigenvalue weighted by atomic mass is 16.5. The number of carbonyl (C=O) groups is 3. The Morgan fingerprint density at radius 1 is 0.892 bits per heavy atom. The van der Waals surface area contributed by atoms with Gasteiger partial charge >= 0.3 is 5.97 Å². The molecule has 37 heavy (non-hydrogen) atoms. The lowest BCUT2D eigenvalue weighted by atomic mass is 10.1. The number of nitrogens with zero attached hydrogens (tertiary/aromatic N) is 1. The van der Waals surface area contributed by atoms with Crippen LogP contribution in [0.25, 0.3) is 11.1 Å². The molecule has 7 nitrogen and oxygen atoms in total. The third-order valence-electron chi connectivity index (χ3n) is 6.60. The third kappa shape index (κ3) is 9.56. The van der Waals surface area contributed by atoms with Crippen LogP contribution in [0.15, 0.2) is 54.6 Å². The first-order chi connectivity index (χ1) is 18.1. The van der Waals surface area contributed by atoms with Crippen LogP contribution in [-0.4, -0.2) is 55.0 Å². The Hall–Kier alpha value is -3.35. The van der Waals surface area contributed by atoms with Crippen LogP contribution in [0, 0.1) is 0 Å². The topological polar surface area (TPSA) is 84.9 Å². The second-order valence-corrected chi connectivity index (χ2v) is 9.47. The predicted molar refractivity (Wildman–Crippen MR) is 144 cm³/mol. The number of amides is 2. The first kappa shape index (κ1) is 28.2. The smallest absolute Gasteiger partial charge is 0.308 e. The van der Waals surface area contributed by atoms with Gasteiger partial charge in [-0.05, 0) is 29.7 Å². The Balaban J connectivity index is 1.41. The van der Waals surface area contributed by atoms with E-state index in [0.717, 1.165) is 30.4 Å². The number of esters is 1. The summed E-state index contributed by atoms with van der Waals surface area (Å²) >= 11 is 0. The highest BCUT2D eigenvalue weighted by Gasteiger charge is 2.35. The maximum absolute atomic E-state index is 12.9. The van der Waals surface area contributed by atoms with Gasteiger partial charge in [-0.15, -0.1) is 0 Å². The Morgan fingerprint density at radius 3 is 2.24 bits per heavy atom. The Kier molecular flexibility index (Phi) is 12.0. The van der Waals surface area contributed by atoms with E-state index in [0.29, 0.717) is 25.4 Å². The van der Waals surface area contributed by atoms with Crippen LogP contribution in [0.2, 0.25) is 0 Å². The molecule has 1 aliphatic heterocycles. The number of carbonyl (C=O) groups excluding carboxylic acids is 3. The summed E-state index contributed by atoms with van der Waals surface area (Å²) in [4.78, 5) is 39.2. The van der Waals surface area contributed by atoms with Gasteiger partial charge in [0, 0.05) is 13.1 Å². The normalized spacial score (nSPS) is 15.2.